The Morgan fingerprint density at radius 1 is 1.08 bits per heavy atom. The molecule has 0 amide bonds. The summed E-state index contributed by atoms with van der Waals surface area (Å²) in [5.41, 5.74) is 3.81. The minimum Gasteiger partial charge on any atom is -0.383 e. The van der Waals surface area contributed by atoms with Gasteiger partial charge in [0, 0.05) is 77.3 Å². The van der Waals surface area contributed by atoms with Gasteiger partial charge in [-0.2, -0.15) is 0 Å². The summed E-state index contributed by atoms with van der Waals surface area (Å²) in [6.45, 7) is 8.60. The topological polar surface area (TPSA) is 72.6 Å². The van der Waals surface area contributed by atoms with Crippen LogP contribution in [0.25, 0.3) is 22.6 Å². The predicted molar refractivity (Wildman–Crippen MR) is 153 cm³/mol. The van der Waals surface area contributed by atoms with Crippen LogP contribution in [0.5, 0.6) is 0 Å². The van der Waals surface area contributed by atoms with E-state index >= 15 is 4.39 Å². The maximum Gasteiger partial charge on any atom is 0.159 e. The summed E-state index contributed by atoms with van der Waals surface area (Å²) >= 11 is 3.68. The number of piperazine rings is 1. The lowest BCUT2D eigenvalue weighted by Crippen LogP contribution is -2.47. The Hall–Kier alpha value is -2.27. The molecule has 38 heavy (non-hydrogen) atoms. The lowest BCUT2D eigenvalue weighted by atomic mass is 10.0. The number of likely N-dealkylation sites (tertiary alicyclic amines) is 1. The maximum atomic E-state index is 15.3. The first-order valence-electron chi connectivity index (χ1n) is 13.9. The summed E-state index contributed by atoms with van der Waals surface area (Å²) in [5, 5.41) is 3.74. The van der Waals surface area contributed by atoms with E-state index in [0.29, 0.717) is 23.2 Å². The van der Waals surface area contributed by atoms with Crippen LogP contribution in [0, 0.1) is 11.7 Å². The molecule has 0 spiro atoms. The molecule has 2 saturated heterocycles. The molecule has 2 aromatic heterocycles. The number of fused-ring (bicyclic) bond motifs is 1. The fourth-order valence-electron chi connectivity index (χ4n) is 5.68. The van der Waals surface area contributed by atoms with Gasteiger partial charge >= 0.3 is 0 Å². The van der Waals surface area contributed by atoms with Crippen LogP contribution in [0.3, 0.4) is 0 Å². The number of rotatable bonds is 9. The summed E-state index contributed by atoms with van der Waals surface area (Å²) in [5.74, 6) is 1.34. The summed E-state index contributed by atoms with van der Waals surface area (Å²) in [4.78, 5) is 19.8. The number of aromatic amines is 1. The monoisotopic (exact) mass is 585 g/mol. The van der Waals surface area contributed by atoms with Gasteiger partial charge in [-0.25, -0.2) is 14.4 Å². The highest BCUT2D eigenvalue weighted by Crippen LogP contribution is 2.34. The van der Waals surface area contributed by atoms with Crippen molar-refractivity contribution in [2.75, 3.05) is 76.3 Å². The fourth-order valence-corrected chi connectivity index (χ4v) is 6.08. The highest BCUT2D eigenvalue weighted by Gasteiger charge is 2.28. The predicted octanol–water partition coefficient (Wildman–Crippen LogP) is 4.58. The number of pyridine rings is 1. The van der Waals surface area contributed by atoms with E-state index in [2.05, 4.69) is 45.9 Å². The number of methoxy groups -OCH3 is 1. The second-order valence-corrected chi connectivity index (χ2v) is 11.8. The van der Waals surface area contributed by atoms with Crippen molar-refractivity contribution < 1.29 is 9.13 Å². The number of nitrogens with zero attached hydrogens (tertiary/aromatic N) is 5. The summed E-state index contributed by atoms with van der Waals surface area (Å²) < 4.78 is 21.4. The second-order valence-electron chi connectivity index (χ2n) is 10.9. The van der Waals surface area contributed by atoms with Crippen LogP contribution in [0.4, 0.5) is 15.8 Å². The van der Waals surface area contributed by atoms with Crippen LogP contribution in [0.1, 0.15) is 25.7 Å². The van der Waals surface area contributed by atoms with Crippen molar-refractivity contribution in [3.05, 3.63) is 34.7 Å². The number of hydrogen-bond donors (Lipinski definition) is 2. The highest BCUT2D eigenvalue weighted by molar-refractivity contribution is 9.10. The lowest BCUT2D eigenvalue weighted by Gasteiger charge is -2.36. The average Bonchev–Trinajstić information content (AvgIpc) is 3.65. The van der Waals surface area contributed by atoms with Crippen molar-refractivity contribution in [2.45, 2.75) is 31.7 Å². The molecule has 204 valence electrons. The molecule has 2 N–H and O–H groups in total. The zero-order valence-corrected chi connectivity index (χ0v) is 23.6. The summed E-state index contributed by atoms with van der Waals surface area (Å²) in [6, 6.07) is 5.81. The molecular weight excluding hydrogens is 549 g/mol. The number of halogens is 2. The van der Waals surface area contributed by atoms with Gasteiger partial charge in [-0.3, -0.25) is 4.90 Å². The Morgan fingerprint density at radius 3 is 2.58 bits per heavy atom. The molecular formula is C28H37BrFN7O. The molecule has 3 aromatic rings. The smallest absolute Gasteiger partial charge is 0.159 e. The molecule has 3 fully saturated rings. The average molecular weight is 587 g/mol. The first kappa shape index (κ1) is 26.0. The fraction of sp³-hybridized carbons (Fsp3) is 0.571. The minimum absolute atomic E-state index is 0.223. The van der Waals surface area contributed by atoms with Gasteiger partial charge in [0.25, 0.3) is 0 Å². The Kier molecular flexibility index (Phi) is 7.83. The number of hydrogen-bond acceptors (Lipinski definition) is 7. The summed E-state index contributed by atoms with van der Waals surface area (Å²) in [7, 11) is 1.72. The van der Waals surface area contributed by atoms with Gasteiger partial charge in [0.1, 0.15) is 17.2 Å². The van der Waals surface area contributed by atoms with Crippen LogP contribution in [0.2, 0.25) is 0 Å². The van der Waals surface area contributed by atoms with Crippen molar-refractivity contribution in [3.63, 3.8) is 0 Å². The standard InChI is InChI=1S/C28H37BrFN7O/c1-38-15-14-35-10-12-37(13-11-35)24-5-4-20(16-23(24)30)27-33-26-25(22(29)17-31-28(26)34-27)32-21-6-8-36(9-7-21)18-19-2-3-19/h4-5,16-17,19,21H,2-3,6-15,18H2,1H3,(H2,31,32,33,34). The highest BCUT2D eigenvalue weighted by atomic mass is 79.9. The van der Waals surface area contributed by atoms with Gasteiger partial charge in [-0.05, 0) is 65.7 Å². The Balaban J connectivity index is 1.15. The van der Waals surface area contributed by atoms with Gasteiger partial charge in [-0.1, -0.05) is 0 Å². The third kappa shape index (κ3) is 5.83. The largest absolute Gasteiger partial charge is 0.383 e. The van der Waals surface area contributed by atoms with E-state index in [-0.39, 0.29) is 5.82 Å². The van der Waals surface area contributed by atoms with E-state index in [1.165, 1.54) is 19.4 Å². The van der Waals surface area contributed by atoms with E-state index < -0.39 is 0 Å². The van der Waals surface area contributed by atoms with Crippen molar-refractivity contribution in [1.29, 1.82) is 0 Å². The van der Waals surface area contributed by atoms with E-state index in [0.717, 1.165) is 92.4 Å². The SMILES string of the molecule is COCCN1CCN(c2ccc(-c3nc4c(NC5CCN(CC6CC6)CC5)c(Br)cnc4[nH]3)cc2F)CC1. The number of benzene rings is 1. The zero-order chi connectivity index (χ0) is 26.1. The van der Waals surface area contributed by atoms with Crippen LogP contribution < -0.4 is 10.2 Å². The van der Waals surface area contributed by atoms with Crippen molar-refractivity contribution in [1.82, 2.24) is 24.8 Å². The number of anilines is 2. The van der Waals surface area contributed by atoms with E-state index in [1.807, 2.05) is 18.3 Å². The number of imidazole rings is 1. The number of H-pyrrole nitrogens is 1. The molecule has 2 aliphatic heterocycles. The van der Waals surface area contributed by atoms with E-state index in [1.54, 1.807) is 13.2 Å². The Bertz CT molecular complexity index is 1250. The first-order chi connectivity index (χ1) is 18.6. The molecule has 4 heterocycles. The summed E-state index contributed by atoms with van der Waals surface area (Å²) in [6.07, 6.45) is 6.85. The second kappa shape index (κ2) is 11.5. The third-order valence-electron chi connectivity index (χ3n) is 8.16. The molecule has 6 rings (SSSR count). The molecule has 0 atom stereocenters. The minimum atomic E-state index is -0.223. The molecule has 10 heteroatoms. The number of ether oxygens (including phenoxy) is 1. The van der Waals surface area contributed by atoms with Crippen LogP contribution in [-0.4, -0.2) is 96.9 Å². The van der Waals surface area contributed by atoms with Gasteiger partial charge in [0.05, 0.1) is 22.5 Å². The van der Waals surface area contributed by atoms with Crippen molar-refractivity contribution in [2.24, 2.45) is 5.92 Å². The third-order valence-corrected chi connectivity index (χ3v) is 8.76. The number of piperidine rings is 1. The number of nitrogens with one attached hydrogen (secondary N) is 2. The lowest BCUT2D eigenvalue weighted by molar-refractivity contribution is 0.144. The Morgan fingerprint density at radius 2 is 1.87 bits per heavy atom. The van der Waals surface area contributed by atoms with Gasteiger partial charge < -0.3 is 24.8 Å². The van der Waals surface area contributed by atoms with Crippen LogP contribution in [0.15, 0.2) is 28.9 Å². The Labute approximate surface area is 232 Å². The van der Waals surface area contributed by atoms with Crippen molar-refractivity contribution >= 4 is 38.5 Å². The molecule has 0 radical (unpaired) electrons. The first-order valence-corrected chi connectivity index (χ1v) is 14.7. The maximum absolute atomic E-state index is 15.3. The molecule has 1 saturated carbocycles. The zero-order valence-electron chi connectivity index (χ0n) is 22.1. The van der Waals surface area contributed by atoms with Crippen molar-refractivity contribution in [3.8, 4) is 11.4 Å². The van der Waals surface area contributed by atoms with E-state index in [4.69, 9.17) is 9.72 Å². The molecule has 1 aliphatic carbocycles. The number of aromatic nitrogens is 3. The normalized spacial score (nSPS) is 19.9. The molecule has 3 aliphatic rings. The van der Waals surface area contributed by atoms with Gasteiger partial charge in [-0.15, -0.1) is 0 Å². The van der Waals surface area contributed by atoms with Crippen LogP contribution in [-0.2, 0) is 4.74 Å². The van der Waals surface area contributed by atoms with Gasteiger partial charge in [0.15, 0.2) is 5.65 Å². The van der Waals surface area contributed by atoms with Gasteiger partial charge in [0.2, 0.25) is 0 Å². The molecule has 1 aromatic carbocycles. The molecule has 8 nitrogen and oxygen atoms in total. The molecule has 0 unspecified atom stereocenters. The van der Waals surface area contributed by atoms with E-state index in [9.17, 15) is 0 Å². The van der Waals surface area contributed by atoms with Crippen LogP contribution >= 0.6 is 15.9 Å². The molecule has 0 bridgehead atoms. The quantitative estimate of drug-likeness (QED) is 0.381.